The molecule has 0 aliphatic carbocycles. The second kappa shape index (κ2) is 5.06. The zero-order valence-electron chi connectivity index (χ0n) is 9.34. The Morgan fingerprint density at radius 3 is 2.33 bits per heavy atom. The number of benzene rings is 1. The SMILES string of the molecule is Cc1nc(-c2cc(Cl)cc(Cl)c2)nc(NN)c1F. The van der Waals surface area contributed by atoms with Gasteiger partial charge in [0, 0.05) is 15.6 Å². The predicted octanol–water partition coefficient (Wildman–Crippen LogP) is 3.18. The van der Waals surface area contributed by atoms with E-state index in [1.54, 1.807) is 18.2 Å². The fraction of sp³-hybridized carbons (Fsp3) is 0.0909. The Kier molecular flexibility index (Phi) is 3.65. The summed E-state index contributed by atoms with van der Waals surface area (Å²) in [6, 6.07) is 4.87. The molecule has 0 fully saturated rings. The first kappa shape index (κ1) is 13.0. The van der Waals surface area contributed by atoms with Crippen LogP contribution < -0.4 is 11.3 Å². The molecule has 0 saturated carbocycles. The van der Waals surface area contributed by atoms with Gasteiger partial charge in [-0.05, 0) is 25.1 Å². The van der Waals surface area contributed by atoms with Crippen molar-refractivity contribution in [2.45, 2.75) is 6.92 Å². The van der Waals surface area contributed by atoms with Gasteiger partial charge in [0.15, 0.2) is 17.5 Å². The summed E-state index contributed by atoms with van der Waals surface area (Å²) >= 11 is 11.8. The molecule has 0 bridgehead atoms. The second-order valence-corrected chi connectivity index (χ2v) is 4.47. The minimum atomic E-state index is -0.589. The highest BCUT2D eigenvalue weighted by atomic mass is 35.5. The maximum Gasteiger partial charge on any atom is 0.187 e. The third kappa shape index (κ3) is 2.53. The van der Waals surface area contributed by atoms with Gasteiger partial charge in [0.05, 0.1) is 5.69 Å². The Labute approximate surface area is 113 Å². The van der Waals surface area contributed by atoms with E-state index in [0.717, 1.165) is 0 Å². The molecule has 94 valence electrons. The van der Waals surface area contributed by atoms with Crippen molar-refractivity contribution in [1.82, 2.24) is 9.97 Å². The predicted molar refractivity (Wildman–Crippen MR) is 70.0 cm³/mol. The number of hydrazine groups is 1. The highest BCUT2D eigenvalue weighted by Gasteiger charge is 2.12. The average molecular weight is 287 g/mol. The van der Waals surface area contributed by atoms with Crippen molar-refractivity contribution < 1.29 is 4.39 Å². The van der Waals surface area contributed by atoms with E-state index in [-0.39, 0.29) is 11.5 Å². The third-order valence-electron chi connectivity index (χ3n) is 2.27. The van der Waals surface area contributed by atoms with Crippen molar-refractivity contribution in [2.75, 3.05) is 5.43 Å². The topological polar surface area (TPSA) is 63.8 Å². The molecule has 0 unspecified atom stereocenters. The van der Waals surface area contributed by atoms with Crippen LogP contribution in [0.15, 0.2) is 18.2 Å². The lowest BCUT2D eigenvalue weighted by Gasteiger charge is -2.07. The number of nitrogens with two attached hydrogens (primary N) is 1. The first-order chi connectivity index (χ1) is 8.51. The smallest absolute Gasteiger partial charge is 0.187 e. The molecule has 0 saturated heterocycles. The number of nitrogen functional groups attached to an aromatic ring is 1. The van der Waals surface area contributed by atoms with Crippen molar-refractivity contribution >= 4 is 29.0 Å². The molecule has 4 nitrogen and oxygen atoms in total. The molecule has 1 heterocycles. The van der Waals surface area contributed by atoms with Crippen molar-refractivity contribution in [3.63, 3.8) is 0 Å². The van der Waals surface area contributed by atoms with Crippen LogP contribution in [0, 0.1) is 12.7 Å². The molecule has 0 radical (unpaired) electrons. The summed E-state index contributed by atoms with van der Waals surface area (Å²) in [6.45, 7) is 1.52. The zero-order valence-corrected chi connectivity index (χ0v) is 10.8. The van der Waals surface area contributed by atoms with Crippen LogP contribution >= 0.6 is 23.2 Å². The molecule has 2 aromatic rings. The summed E-state index contributed by atoms with van der Waals surface area (Å²) in [4.78, 5) is 8.00. The van der Waals surface area contributed by atoms with Gasteiger partial charge in [-0.15, -0.1) is 0 Å². The Balaban J connectivity index is 2.60. The van der Waals surface area contributed by atoms with Gasteiger partial charge in [-0.1, -0.05) is 23.2 Å². The maximum absolute atomic E-state index is 13.5. The number of halogens is 3. The fourth-order valence-corrected chi connectivity index (χ4v) is 1.99. The van der Waals surface area contributed by atoms with Crippen molar-refractivity contribution in [2.24, 2.45) is 5.84 Å². The summed E-state index contributed by atoms with van der Waals surface area (Å²) in [5, 5.41) is 0.899. The van der Waals surface area contributed by atoms with Crippen LogP contribution in [0.3, 0.4) is 0 Å². The fourth-order valence-electron chi connectivity index (χ4n) is 1.47. The Bertz CT molecular complexity index is 584. The van der Waals surface area contributed by atoms with E-state index in [1.165, 1.54) is 6.92 Å². The normalized spacial score (nSPS) is 10.5. The molecular formula is C11H9Cl2FN4. The van der Waals surface area contributed by atoms with Crippen molar-refractivity contribution in [3.8, 4) is 11.4 Å². The summed E-state index contributed by atoms with van der Waals surface area (Å²) in [7, 11) is 0. The number of nitrogens with zero attached hydrogens (tertiary/aromatic N) is 2. The van der Waals surface area contributed by atoms with Crippen LogP contribution in [0.25, 0.3) is 11.4 Å². The third-order valence-corrected chi connectivity index (χ3v) is 2.71. The van der Waals surface area contributed by atoms with E-state index >= 15 is 0 Å². The molecule has 1 aromatic carbocycles. The monoisotopic (exact) mass is 286 g/mol. The minimum absolute atomic E-state index is 0.0754. The molecule has 3 N–H and O–H groups in total. The van der Waals surface area contributed by atoms with E-state index < -0.39 is 5.82 Å². The van der Waals surface area contributed by atoms with Crippen LogP contribution in [0.4, 0.5) is 10.2 Å². The lowest BCUT2D eigenvalue weighted by Crippen LogP contribution is -2.13. The van der Waals surface area contributed by atoms with Crippen molar-refractivity contribution in [3.05, 3.63) is 39.8 Å². The number of aromatic nitrogens is 2. The molecule has 0 aliphatic heterocycles. The standard InChI is InChI=1S/C11H9Cl2FN4/c1-5-9(14)11(18-15)17-10(16-5)6-2-7(12)4-8(13)3-6/h2-4H,15H2,1H3,(H,16,17,18). The Morgan fingerprint density at radius 2 is 1.78 bits per heavy atom. The first-order valence-corrected chi connectivity index (χ1v) is 5.74. The summed E-state index contributed by atoms with van der Waals surface area (Å²) in [5.74, 6) is 4.83. The van der Waals surface area contributed by atoms with Crippen LogP contribution in [0.2, 0.25) is 10.0 Å². The van der Waals surface area contributed by atoms with E-state index in [1.807, 2.05) is 0 Å². The van der Waals surface area contributed by atoms with E-state index in [2.05, 4.69) is 15.4 Å². The summed E-state index contributed by atoms with van der Waals surface area (Å²) in [6.07, 6.45) is 0. The molecule has 18 heavy (non-hydrogen) atoms. The van der Waals surface area contributed by atoms with Gasteiger partial charge in [-0.3, -0.25) is 0 Å². The summed E-state index contributed by atoms with van der Waals surface area (Å²) in [5.41, 5.74) is 2.96. The van der Waals surface area contributed by atoms with Gasteiger partial charge in [-0.25, -0.2) is 20.2 Å². The molecule has 0 amide bonds. The number of anilines is 1. The van der Waals surface area contributed by atoms with Gasteiger partial charge in [0.1, 0.15) is 0 Å². The molecule has 2 rings (SSSR count). The Hall–Kier alpha value is -1.43. The van der Waals surface area contributed by atoms with Crippen LogP contribution in [-0.2, 0) is 0 Å². The average Bonchev–Trinajstić information content (AvgIpc) is 2.31. The molecule has 7 heteroatoms. The van der Waals surface area contributed by atoms with E-state index in [0.29, 0.717) is 21.4 Å². The van der Waals surface area contributed by atoms with Gasteiger partial charge in [0.25, 0.3) is 0 Å². The lowest BCUT2D eigenvalue weighted by molar-refractivity contribution is 0.606. The summed E-state index contributed by atoms with van der Waals surface area (Å²) < 4.78 is 13.5. The number of nitrogens with one attached hydrogen (secondary N) is 1. The maximum atomic E-state index is 13.5. The lowest BCUT2D eigenvalue weighted by atomic mass is 10.2. The van der Waals surface area contributed by atoms with Crippen LogP contribution in [0.5, 0.6) is 0 Å². The Morgan fingerprint density at radius 1 is 1.17 bits per heavy atom. The second-order valence-electron chi connectivity index (χ2n) is 3.60. The van der Waals surface area contributed by atoms with E-state index in [9.17, 15) is 4.39 Å². The number of rotatable bonds is 2. The first-order valence-electron chi connectivity index (χ1n) is 4.98. The molecule has 0 aliphatic rings. The van der Waals surface area contributed by atoms with Gasteiger partial charge in [0.2, 0.25) is 0 Å². The van der Waals surface area contributed by atoms with Gasteiger partial charge >= 0.3 is 0 Å². The van der Waals surface area contributed by atoms with E-state index in [4.69, 9.17) is 29.0 Å². The molecule has 0 atom stereocenters. The molecule has 0 spiro atoms. The quantitative estimate of drug-likeness (QED) is 0.657. The number of aryl methyl sites for hydroxylation is 1. The van der Waals surface area contributed by atoms with Gasteiger partial charge < -0.3 is 5.43 Å². The zero-order chi connectivity index (χ0) is 13.3. The largest absolute Gasteiger partial charge is 0.306 e. The van der Waals surface area contributed by atoms with Gasteiger partial charge in [-0.2, -0.15) is 0 Å². The molecule has 1 aromatic heterocycles. The van der Waals surface area contributed by atoms with Crippen LogP contribution in [0.1, 0.15) is 5.69 Å². The van der Waals surface area contributed by atoms with Crippen molar-refractivity contribution in [1.29, 1.82) is 0 Å². The highest BCUT2D eigenvalue weighted by molar-refractivity contribution is 6.35. The molecular weight excluding hydrogens is 278 g/mol. The highest BCUT2D eigenvalue weighted by Crippen LogP contribution is 2.26. The minimum Gasteiger partial charge on any atom is -0.306 e. The number of hydrogen-bond donors (Lipinski definition) is 2. The number of hydrogen-bond acceptors (Lipinski definition) is 4. The van der Waals surface area contributed by atoms with Crippen LogP contribution in [-0.4, -0.2) is 9.97 Å².